The molecule has 100 valence electrons. The molecule has 2 N–H and O–H groups in total. The van der Waals surface area contributed by atoms with Crippen LogP contribution in [0.4, 0.5) is 17.3 Å². The molecule has 19 heavy (non-hydrogen) atoms. The van der Waals surface area contributed by atoms with Gasteiger partial charge in [-0.15, -0.1) is 0 Å². The summed E-state index contributed by atoms with van der Waals surface area (Å²) in [5, 5.41) is 7.16. The predicted octanol–water partition coefficient (Wildman–Crippen LogP) is 4.09. The highest BCUT2D eigenvalue weighted by Crippen LogP contribution is 2.19. The number of aromatic nitrogens is 2. The van der Waals surface area contributed by atoms with E-state index in [1.807, 2.05) is 30.3 Å². The molecule has 1 aromatic heterocycles. The van der Waals surface area contributed by atoms with Crippen LogP contribution in [0.25, 0.3) is 0 Å². The maximum Gasteiger partial charge on any atom is 0.135 e. The lowest BCUT2D eigenvalue weighted by Gasteiger charge is -2.08. The third-order valence-electron chi connectivity index (χ3n) is 2.60. The van der Waals surface area contributed by atoms with E-state index in [0.29, 0.717) is 5.02 Å². The summed E-state index contributed by atoms with van der Waals surface area (Å²) < 4.78 is 0. The first-order valence-electron chi connectivity index (χ1n) is 6.36. The maximum atomic E-state index is 5.94. The molecule has 0 fully saturated rings. The summed E-state index contributed by atoms with van der Waals surface area (Å²) >= 11 is 5.94. The molecule has 0 aliphatic heterocycles. The number of nitrogens with one attached hydrogen (secondary N) is 2. The maximum absolute atomic E-state index is 5.94. The van der Waals surface area contributed by atoms with E-state index in [2.05, 4.69) is 27.5 Å². The quantitative estimate of drug-likeness (QED) is 0.781. The minimum atomic E-state index is 0.695. The van der Waals surface area contributed by atoms with Crippen LogP contribution in [0.5, 0.6) is 0 Å². The molecule has 0 atom stereocenters. The SMILES string of the molecule is CCCCNc1cc(Nc2cccc(Cl)c2)ncn1. The molecule has 1 heterocycles. The van der Waals surface area contributed by atoms with Crippen molar-refractivity contribution in [1.82, 2.24) is 9.97 Å². The largest absolute Gasteiger partial charge is 0.370 e. The van der Waals surface area contributed by atoms with Gasteiger partial charge in [0.05, 0.1) is 0 Å². The monoisotopic (exact) mass is 276 g/mol. The van der Waals surface area contributed by atoms with Crippen LogP contribution in [0.3, 0.4) is 0 Å². The van der Waals surface area contributed by atoms with Crippen LogP contribution in [0.1, 0.15) is 19.8 Å². The summed E-state index contributed by atoms with van der Waals surface area (Å²) in [5.74, 6) is 1.57. The van der Waals surface area contributed by atoms with Crippen molar-refractivity contribution in [3.05, 3.63) is 41.7 Å². The molecule has 0 radical (unpaired) electrons. The van der Waals surface area contributed by atoms with Gasteiger partial charge in [-0.3, -0.25) is 0 Å². The van der Waals surface area contributed by atoms with Crippen molar-refractivity contribution in [2.75, 3.05) is 17.2 Å². The molecule has 0 aliphatic rings. The average Bonchev–Trinajstić information content (AvgIpc) is 2.39. The smallest absolute Gasteiger partial charge is 0.135 e. The van der Waals surface area contributed by atoms with Crippen molar-refractivity contribution in [1.29, 1.82) is 0 Å². The number of hydrogen-bond acceptors (Lipinski definition) is 4. The summed E-state index contributed by atoms with van der Waals surface area (Å²) in [6.45, 7) is 3.08. The van der Waals surface area contributed by atoms with Crippen LogP contribution in [-0.2, 0) is 0 Å². The summed E-state index contributed by atoms with van der Waals surface area (Å²) in [6, 6.07) is 9.42. The third kappa shape index (κ3) is 4.41. The number of rotatable bonds is 6. The molecule has 0 amide bonds. The lowest BCUT2D eigenvalue weighted by Crippen LogP contribution is -2.04. The highest BCUT2D eigenvalue weighted by molar-refractivity contribution is 6.30. The van der Waals surface area contributed by atoms with E-state index in [9.17, 15) is 0 Å². The number of unbranched alkanes of at least 4 members (excludes halogenated alkanes) is 1. The van der Waals surface area contributed by atoms with Gasteiger partial charge in [-0.05, 0) is 24.6 Å². The molecular weight excluding hydrogens is 260 g/mol. The Hall–Kier alpha value is -1.81. The van der Waals surface area contributed by atoms with Gasteiger partial charge in [0.1, 0.15) is 18.0 Å². The average molecular weight is 277 g/mol. The molecule has 2 rings (SSSR count). The zero-order valence-corrected chi connectivity index (χ0v) is 11.6. The second-order valence-corrected chi connectivity index (χ2v) is 4.64. The van der Waals surface area contributed by atoms with E-state index in [1.165, 1.54) is 0 Å². The Morgan fingerprint density at radius 1 is 1.16 bits per heavy atom. The number of halogens is 1. The lowest BCUT2D eigenvalue weighted by atomic mass is 10.3. The summed E-state index contributed by atoms with van der Waals surface area (Å²) in [4.78, 5) is 8.37. The van der Waals surface area contributed by atoms with Crippen molar-refractivity contribution in [3.8, 4) is 0 Å². The molecule has 0 saturated heterocycles. The summed E-state index contributed by atoms with van der Waals surface area (Å²) in [6.07, 6.45) is 3.83. The fourth-order valence-electron chi connectivity index (χ4n) is 1.63. The van der Waals surface area contributed by atoms with Gasteiger partial charge in [0.25, 0.3) is 0 Å². The molecule has 2 aromatic rings. The molecule has 0 unspecified atom stereocenters. The third-order valence-corrected chi connectivity index (χ3v) is 2.84. The number of anilines is 3. The molecule has 0 spiro atoms. The van der Waals surface area contributed by atoms with Gasteiger partial charge in [-0.1, -0.05) is 31.0 Å². The van der Waals surface area contributed by atoms with Gasteiger partial charge in [0, 0.05) is 23.3 Å². The Morgan fingerprint density at radius 3 is 2.79 bits per heavy atom. The summed E-state index contributed by atoms with van der Waals surface area (Å²) in [7, 11) is 0. The zero-order chi connectivity index (χ0) is 13.5. The molecule has 0 aliphatic carbocycles. The molecule has 0 saturated carbocycles. The molecule has 0 bridgehead atoms. The fraction of sp³-hybridized carbons (Fsp3) is 0.286. The second-order valence-electron chi connectivity index (χ2n) is 4.20. The van der Waals surface area contributed by atoms with Crippen molar-refractivity contribution in [3.63, 3.8) is 0 Å². The van der Waals surface area contributed by atoms with E-state index < -0.39 is 0 Å². The predicted molar refractivity (Wildman–Crippen MR) is 80.2 cm³/mol. The molecule has 4 nitrogen and oxygen atoms in total. The normalized spacial score (nSPS) is 10.2. The topological polar surface area (TPSA) is 49.8 Å². The number of benzene rings is 1. The van der Waals surface area contributed by atoms with Crippen LogP contribution in [-0.4, -0.2) is 16.5 Å². The van der Waals surface area contributed by atoms with Crippen molar-refractivity contribution >= 4 is 28.9 Å². The van der Waals surface area contributed by atoms with E-state index in [-0.39, 0.29) is 0 Å². The number of nitrogens with zero attached hydrogens (tertiary/aromatic N) is 2. The lowest BCUT2D eigenvalue weighted by molar-refractivity contribution is 0.830. The van der Waals surface area contributed by atoms with Crippen LogP contribution in [0.15, 0.2) is 36.7 Å². The highest BCUT2D eigenvalue weighted by Gasteiger charge is 1.99. The van der Waals surface area contributed by atoms with Gasteiger partial charge in [-0.2, -0.15) is 0 Å². The van der Waals surface area contributed by atoms with Crippen LogP contribution >= 0.6 is 11.6 Å². The molecule has 5 heteroatoms. The van der Waals surface area contributed by atoms with E-state index in [0.717, 1.165) is 36.7 Å². The van der Waals surface area contributed by atoms with Crippen molar-refractivity contribution < 1.29 is 0 Å². The Kier molecular flexibility index (Phi) is 4.98. The highest BCUT2D eigenvalue weighted by atomic mass is 35.5. The first-order valence-corrected chi connectivity index (χ1v) is 6.74. The van der Waals surface area contributed by atoms with E-state index in [4.69, 9.17) is 11.6 Å². The summed E-state index contributed by atoms with van der Waals surface area (Å²) in [5.41, 5.74) is 0.908. The second kappa shape index (κ2) is 6.95. The van der Waals surface area contributed by atoms with E-state index >= 15 is 0 Å². The molecule has 1 aromatic carbocycles. The zero-order valence-electron chi connectivity index (χ0n) is 10.9. The van der Waals surface area contributed by atoms with Crippen molar-refractivity contribution in [2.45, 2.75) is 19.8 Å². The Balaban J connectivity index is 2.02. The minimum absolute atomic E-state index is 0.695. The molecular formula is C14H17ClN4. The van der Waals surface area contributed by atoms with Gasteiger partial charge in [0.15, 0.2) is 0 Å². The Labute approximate surface area is 118 Å². The van der Waals surface area contributed by atoms with Crippen LogP contribution in [0, 0.1) is 0 Å². The van der Waals surface area contributed by atoms with Crippen LogP contribution < -0.4 is 10.6 Å². The number of hydrogen-bond donors (Lipinski definition) is 2. The first-order chi connectivity index (χ1) is 9.28. The standard InChI is InChI=1S/C14H17ClN4/c1-2-3-7-16-13-9-14(18-10-17-13)19-12-6-4-5-11(15)8-12/h4-6,8-10H,2-3,7H2,1H3,(H2,16,17,18,19). The van der Waals surface area contributed by atoms with E-state index in [1.54, 1.807) is 6.33 Å². The Morgan fingerprint density at radius 2 is 2.00 bits per heavy atom. The van der Waals surface area contributed by atoms with Crippen LogP contribution in [0.2, 0.25) is 5.02 Å². The van der Waals surface area contributed by atoms with Gasteiger partial charge >= 0.3 is 0 Å². The van der Waals surface area contributed by atoms with Gasteiger partial charge in [-0.25, -0.2) is 9.97 Å². The Bertz CT molecular complexity index is 530. The first kappa shape index (κ1) is 13.6. The minimum Gasteiger partial charge on any atom is -0.370 e. The van der Waals surface area contributed by atoms with Gasteiger partial charge in [0.2, 0.25) is 0 Å². The van der Waals surface area contributed by atoms with Gasteiger partial charge < -0.3 is 10.6 Å². The van der Waals surface area contributed by atoms with Crippen molar-refractivity contribution in [2.24, 2.45) is 0 Å². The fourth-order valence-corrected chi connectivity index (χ4v) is 1.82.